The van der Waals surface area contributed by atoms with Gasteiger partial charge in [-0.1, -0.05) is 18.1 Å². The van der Waals surface area contributed by atoms with Crippen LogP contribution in [-0.2, 0) is 10.0 Å². The van der Waals surface area contributed by atoms with Gasteiger partial charge < -0.3 is 10.2 Å². The number of primary sulfonamides is 1. The van der Waals surface area contributed by atoms with E-state index < -0.39 is 10.0 Å². The van der Waals surface area contributed by atoms with Gasteiger partial charge in [0.1, 0.15) is 0 Å². The van der Waals surface area contributed by atoms with Gasteiger partial charge in [-0.2, -0.15) is 0 Å². The van der Waals surface area contributed by atoms with E-state index in [0.717, 1.165) is 5.56 Å². The SMILES string of the molecule is C#CCNC(=O)N(C)[C@H](C)c1ccc(S(N)(=O)=O)cc1. The molecule has 0 radical (unpaired) electrons. The van der Waals surface area contributed by atoms with Gasteiger partial charge in [-0.25, -0.2) is 18.4 Å². The Morgan fingerprint density at radius 1 is 1.45 bits per heavy atom. The number of carbonyl (C=O) groups is 1. The maximum atomic E-state index is 11.7. The van der Waals surface area contributed by atoms with Crippen LogP contribution in [0, 0.1) is 12.3 Å². The molecule has 0 aromatic heterocycles. The summed E-state index contributed by atoms with van der Waals surface area (Å²) in [4.78, 5) is 13.3. The number of carbonyl (C=O) groups excluding carboxylic acids is 1. The zero-order valence-electron chi connectivity index (χ0n) is 11.3. The molecule has 1 rings (SSSR count). The van der Waals surface area contributed by atoms with Crippen molar-refractivity contribution in [1.82, 2.24) is 10.2 Å². The van der Waals surface area contributed by atoms with E-state index in [9.17, 15) is 13.2 Å². The summed E-state index contributed by atoms with van der Waals surface area (Å²) in [5.74, 6) is 2.32. The zero-order valence-corrected chi connectivity index (χ0v) is 12.1. The van der Waals surface area contributed by atoms with Crippen LogP contribution >= 0.6 is 0 Å². The van der Waals surface area contributed by atoms with Crippen molar-refractivity contribution >= 4 is 16.1 Å². The lowest BCUT2D eigenvalue weighted by molar-refractivity contribution is 0.195. The van der Waals surface area contributed by atoms with E-state index in [2.05, 4.69) is 11.2 Å². The van der Waals surface area contributed by atoms with E-state index in [4.69, 9.17) is 11.6 Å². The number of nitrogens with zero attached hydrogens (tertiary/aromatic N) is 1. The van der Waals surface area contributed by atoms with E-state index in [0.29, 0.717) is 0 Å². The summed E-state index contributed by atoms with van der Waals surface area (Å²) in [7, 11) is -2.08. The quantitative estimate of drug-likeness (QED) is 0.800. The second-order valence-electron chi connectivity index (χ2n) is 4.26. The number of sulfonamides is 1. The molecule has 0 bridgehead atoms. The van der Waals surface area contributed by atoms with E-state index in [1.165, 1.54) is 17.0 Å². The predicted molar refractivity (Wildman–Crippen MR) is 76.2 cm³/mol. The molecular weight excluding hydrogens is 278 g/mol. The van der Waals surface area contributed by atoms with E-state index in [1.54, 1.807) is 19.2 Å². The van der Waals surface area contributed by atoms with Gasteiger partial charge in [0.25, 0.3) is 0 Å². The van der Waals surface area contributed by atoms with Gasteiger partial charge in [-0.05, 0) is 24.6 Å². The second kappa shape index (κ2) is 6.41. The van der Waals surface area contributed by atoms with Crippen LogP contribution in [0.3, 0.4) is 0 Å². The lowest BCUT2D eigenvalue weighted by Gasteiger charge is -2.25. The molecule has 0 heterocycles. The fourth-order valence-corrected chi connectivity index (χ4v) is 2.10. The molecule has 20 heavy (non-hydrogen) atoms. The number of rotatable bonds is 4. The molecule has 0 aliphatic carbocycles. The first-order chi connectivity index (χ1) is 9.27. The van der Waals surface area contributed by atoms with Crippen LogP contribution < -0.4 is 10.5 Å². The molecule has 0 spiro atoms. The lowest BCUT2D eigenvalue weighted by atomic mass is 10.1. The molecule has 0 unspecified atom stereocenters. The van der Waals surface area contributed by atoms with Crippen molar-refractivity contribution in [3.63, 3.8) is 0 Å². The zero-order chi connectivity index (χ0) is 15.3. The third kappa shape index (κ3) is 3.98. The number of amides is 2. The normalized spacial score (nSPS) is 12.3. The highest BCUT2D eigenvalue weighted by molar-refractivity contribution is 7.89. The highest BCUT2D eigenvalue weighted by atomic mass is 32.2. The van der Waals surface area contributed by atoms with Crippen LogP contribution in [0.2, 0.25) is 0 Å². The fraction of sp³-hybridized carbons (Fsp3) is 0.308. The van der Waals surface area contributed by atoms with E-state index >= 15 is 0 Å². The summed E-state index contributed by atoms with van der Waals surface area (Å²) in [6.07, 6.45) is 5.07. The van der Waals surface area contributed by atoms with Gasteiger partial charge in [-0.15, -0.1) is 6.42 Å². The molecule has 1 aromatic carbocycles. The molecule has 7 heteroatoms. The van der Waals surface area contributed by atoms with Gasteiger partial charge in [0.2, 0.25) is 10.0 Å². The minimum atomic E-state index is -3.71. The standard InChI is InChI=1S/C13H17N3O3S/c1-4-9-15-13(17)16(3)10(2)11-5-7-12(8-6-11)20(14,18)19/h1,5-8,10H,9H2,2-3H3,(H,15,17)(H2,14,18,19)/t10-/m1/s1. The first-order valence-electron chi connectivity index (χ1n) is 5.84. The molecule has 2 amide bonds. The number of nitrogens with two attached hydrogens (primary N) is 1. The summed E-state index contributed by atoms with van der Waals surface area (Å²) in [5, 5.41) is 7.58. The first-order valence-corrected chi connectivity index (χ1v) is 7.39. The number of hydrogen-bond donors (Lipinski definition) is 2. The van der Waals surface area contributed by atoms with Crippen LogP contribution in [0.15, 0.2) is 29.2 Å². The smallest absolute Gasteiger partial charge is 0.318 e. The Bertz CT molecular complexity index is 617. The van der Waals surface area contributed by atoms with Crippen LogP contribution in [0.25, 0.3) is 0 Å². The lowest BCUT2D eigenvalue weighted by Crippen LogP contribution is -2.38. The number of urea groups is 1. The molecule has 1 atom stereocenters. The van der Waals surface area contributed by atoms with E-state index in [-0.39, 0.29) is 23.5 Å². The Hall–Kier alpha value is -2.04. The highest BCUT2D eigenvalue weighted by Gasteiger charge is 2.17. The number of terminal acetylenes is 1. The Morgan fingerprint density at radius 2 is 2.00 bits per heavy atom. The van der Waals surface area contributed by atoms with Gasteiger partial charge in [0, 0.05) is 7.05 Å². The molecule has 0 fully saturated rings. The van der Waals surface area contributed by atoms with Gasteiger partial charge in [0.05, 0.1) is 17.5 Å². The van der Waals surface area contributed by atoms with Crippen molar-refractivity contribution < 1.29 is 13.2 Å². The average molecular weight is 295 g/mol. The monoisotopic (exact) mass is 295 g/mol. The largest absolute Gasteiger partial charge is 0.327 e. The molecular formula is C13H17N3O3S. The minimum Gasteiger partial charge on any atom is -0.327 e. The van der Waals surface area contributed by atoms with Crippen molar-refractivity contribution in [2.75, 3.05) is 13.6 Å². The topological polar surface area (TPSA) is 92.5 Å². The van der Waals surface area contributed by atoms with Crippen molar-refractivity contribution in [2.24, 2.45) is 5.14 Å². The van der Waals surface area contributed by atoms with Crippen LogP contribution in [-0.4, -0.2) is 32.9 Å². The predicted octanol–water partition coefficient (Wildman–Crippen LogP) is 0.670. The fourth-order valence-electron chi connectivity index (χ4n) is 1.59. The summed E-state index contributed by atoms with van der Waals surface area (Å²) >= 11 is 0. The Labute approximate surface area is 119 Å². The third-order valence-electron chi connectivity index (χ3n) is 2.93. The summed E-state index contributed by atoms with van der Waals surface area (Å²) in [6.45, 7) is 1.97. The van der Waals surface area contributed by atoms with Crippen LogP contribution in [0.4, 0.5) is 4.79 Å². The molecule has 6 nitrogen and oxygen atoms in total. The highest BCUT2D eigenvalue weighted by Crippen LogP contribution is 2.20. The van der Waals surface area contributed by atoms with Crippen molar-refractivity contribution in [2.45, 2.75) is 17.9 Å². The first kappa shape index (κ1) is 16.0. The Kier molecular flexibility index (Phi) is 5.13. The van der Waals surface area contributed by atoms with Crippen LogP contribution in [0.1, 0.15) is 18.5 Å². The van der Waals surface area contributed by atoms with Gasteiger partial charge in [-0.3, -0.25) is 0 Å². The summed E-state index contributed by atoms with van der Waals surface area (Å²) in [6, 6.07) is 5.53. The molecule has 0 aliphatic heterocycles. The Morgan fingerprint density at radius 3 is 2.45 bits per heavy atom. The summed E-state index contributed by atoms with van der Waals surface area (Å²) in [5.41, 5.74) is 0.788. The molecule has 0 aliphatic rings. The second-order valence-corrected chi connectivity index (χ2v) is 5.83. The Balaban J connectivity index is 2.85. The third-order valence-corrected chi connectivity index (χ3v) is 3.86. The number of benzene rings is 1. The minimum absolute atomic E-state index is 0.0351. The summed E-state index contributed by atoms with van der Waals surface area (Å²) < 4.78 is 22.3. The van der Waals surface area contributed by atoms with Gasteiger partial charge >= 0.3 is 6.03 Å². The van der Waals surface area contributed by atoms with Crippen molar-refractivity contribution in [3.8, 4) is 12.3 Å². The average Bonchev–Trinajstić information content (AvgIpc) is 2.42. The molecule has 0 saturated carbocycles. The number of nitrogens with one attached hydrogen (secondary N) is 1. The maximum absolute atomic E-state index is 11.7. The molecule has 1 aromatic rings. The molecule has 0 saturated heterocycles. The van der Waals surface area contributed by atoms with Crippen molar-refractivity contribution in [1.29, 1.82) is 0 Å². The molecule has 3 N–H and O–H groups in total. The molecule has 108 valence electrons. The van der Waals surface area contributed by atoms with E-state index in [1.807, 2.05) is 6.92 Å². The van der Waals surface area contributed by atoms with Crippen molar-refractivity contribution in [3.05, 3.63) is 29.8 Å². The number of hydrogen-bond acceptors (Lipinski definition) is 3. The maximum Gasteiger partial charge on any atom is 0.318 e. The van der Waals surface area contributed by atoms with Gasteiger partial charge in [0.15, 0.2) is 0 Å². The van der Waals surface area contributed by atoms with Crippen LogP contribution in [0.5, 0.6) is 0 Å².